The smallest absolute Gasteiger partial charge is 0.268 e. The maximum atomic E-state index is 12.9. The second kappa shape index (κ2) is 46.3. The summed E-state index contributed by atoms with van der Waals surface area (Å²) in [7, 11) is 1.05. The van der Waals surface area contributed by atoms with Gasteiger partial charge >= 0.3 is 0 Å². The molecule has 0 aliphatic heterocycles. The molecule has 0 saturated carbocycles. The van der Waals surface area contributed by atoms with E-state index in [2.05, 4.69) is 153 Å². The molecule has 0 aromatic heterocycles. The Morgan fingerprint density at radius 2 is 0.955 bits per heavy atom. The number of amides is 1. The molecule has 0 aliphatic rings. The number of hydrogen-bond acceptors (Lipinski definition) is 7. The predicted molar refractivity (Wildman–Crippen MR) is 284 cm³/mol. The molecule has 380 valence electrons. The molecule has 1 amide bonds. The highest BCUT2D eigenvalue weighted by Crippen LogP contribution is 2.38. The first-order valence-electron chi connectivity index (χ1n) is 25.6. The molecule has 0 heterocycles. The highest BCUT2D eigenvalue weighted by Gasteiger charge is 2.29. The van der Waals surface area contributed by atoms with Crippen LogP contribution < -0.4 is 10.2 Å². The van der Waals surface area contributed by atoms with Gasteiger partial charge in [0.1, 0.15) is 19.3 Å². The van der Waals surface area contributed by atoms with Gasteiger partial charge in [0.15, 0.2) is 0 Å². The molecule has 0 radical (unpaired) electrons. The Balaban J connectivity index is 4.44. The zero-order chi connectivity index (χ0) is 49.4. The van der Waals surface area contributed by atoms with Gasteiger partial charge in [0, 0.05) is 6.42 Å². The van der Waals surface area contributed by atoms with E-state index in [4.69, 9.17) is 9.05 Å². The number of unbranched alkanes of at least 4 members (excludes halogenated alkanes) is 8. The largest absolute Gasteiger partial charge is 0.756 e. The Bertz CT molecular complexity index is 1560. The van der Waals surface area contributed by atoms with Gasteiger partial charge in [-0.25, -0.2) is 0 Å². The van der Waals surface area contributed by atoms with Crippen molar-refractivity contribution in [2.45, 2.75) is 180 Å². The quantitative estimate of drug-likeness (QED) is 0.0240. The van der Waals surface area contributed by atoms with Crippen molar-refractivity contribution in [1.82, 2.24) is 5.32 Å². The number of phosphoric acid groups is 1. The first-order chi connectivity index (χ1) is 32.4. The molecule has 0 bridgehead atoms. The summed E-state index contributed by atoms with van der Waals surface area (Å²) in [6.45, 7) is 4.20. The van der Waals surface area contributed by atoms with E-state index in [1.807, 2.05) is 21.1 Å². The summed E-state index contributed by atoms with van der Waals surface area (Å²) in [5.41, 5.74) is 0. The third kappa shape index (κ3) is 47.5. The summed E-state index contributed by atoms with van der Waals surface area (Å²) in [6.07, 6.45) is 66.5. The van der Waals surface area contributed by atoms with E-state index in [1.54, 1.807) is 0 Å². The Labute approximate surface area is 409 Å². The summed E-state index contributed by atoms with van der Waals surface area (Å²) in [6, 6.07) is -1.12. The van der Waals surface area contributed by atoms with E-state index in [1.165, 1.54) is 19.3 Å². The van der Waals surface area contributed by atoms with Crippen LogP contribution in [0.15, 0.2) is 134 Å². The fourth-order valence-electron chi connectivity index (χ4n) is 6.38. The number of carbonyl (C=O) groups is 1. The minimum absolute atomic E-state index is 0.0639. The lowest BCUT2D eigenvalue weighted by Gasteiger charge is -2.31. The molecule has 0 aromatic carbocycles. The lowest BCUT2D eigenvalue weighted by atomic mass is 10.0. The third-order valence-electron chi connectivity index (χ3n) is 10.4. The Morgan fingerprint density at radius 1 is 0.552 bits per heavy atom. The first kappa shape index (κ1) is 63.6. The van der Waals surface area contributed by atoms with Gasteiger partial charge < -0.3 is 34.0 Å². The lowest BCUT2D eigenvalue weighted by Crippen LogP contribution is -2.51. The Hall–Kier alpha value is -3.40. The van der Waals surface area contributed by atoms with Crippen LogP contribution in [0.4, 0.5) is 0 Å². The van der Waals surface area contributed by atoms with Gasteiger partial charge in [0.2, 0.25) is 5.91 Å². The topological polar surface area (TPSA) is 128 Å². The molecular weight excluding hydrogens is 856 g/mol. The van der Waals surface area contributed by atoms with Crippen LogP contribution in [0.3, 0.4) is 0 Å². The molecular formula is C57H95N2O7P. The van der Waals surface area contributed by atoms with Crippen LogP contribution in [-0.4, -0.2) is 79.8 Å². The van der Waals surface area contributed by atoms with Crippen LogP contribution in [0, 0.1) is 0 Å². The van der Waals surface area contributed by atoms with Gasteiger partial charge in [-0.05, 0) is 122 Å². The zero-order valence-electron chi connectivity index (χ0n) is 42.6. The SMILES string of the molecule is CC/C=C\C/C=C\C/C=C\C/C=C\C/C=C\C/C=C\C/C=C\C/C=C\C/C=C\CCCCCC(=O)NC(COP(=O)([O-])OCC[N+](C)(C)C)C(O)C(O)CCC/C=C/CC/C=C/CCCCC. The number of nitrogens with zero attached hydrogens (tertiary/aromatic N) is 1. The van der Waals surface area contributed by atoms with E-state index in [0.29, 0.717) is 23.9 Å². The molecule has 0 aliphatic carbocycles. The number of allylic oxidation sites excluding steroid dienone is 22. The average Bonchev–Trinajstić information content (AvgIpc) is 3.29. The van der Waals surface area contributed by atoms with Crippen molar-refractivity contribution < 1.29 is 38.0 Å². The van der Waals surface area contributed by atoms with Crippen molar-refractivity contribution in [1.29, 1.82) is 0 Å². The fourth-order valence-corrected chi connectivity index (χ4v) is 7.10. The molecule has 10 heteroatoms. The number of carbonyl (C=O) groups excluding carboxylic acids is 1. The van der Waals surface area contributed by atoms with Gasteiger partial charge in [-0.3, -0.25) is 9.36 Å². The highest BCUT2D eigenvalue weighted by molar-refractivity contribution is 7.45. The van der Waals surface area contributed by atoms with Crippen LogP contribution in [0.1, 0.15) is 162 Å². The monoisotopic (exact) mass is 951 g/mol. The minimum Gasteiger partial charge on any atom is -0.756 e. The van der Waals surface area contributed by atoms with Crippen LogP contribution in [0.2, 0.25) is 0 Å². The number of aliphatic hydroxyl groups excluding tert-OH is 2. The third-order valence-corrected chi connectivity index (χ3v) is 11.4. The van der Waals surface area contributed by atoms with Gasteiger partial charge in [-0.1, -0.05) is 167 Å². The second-order valence-corrected chi connectivity index (χ2v) is 19.3. The number of phosphoric ester groups is 1. The number of hydrogen-bond donors (Lipinski definition) is 3. The molecule has 3 N–H and O–H groups in total. The molecule has 67 heavy (non-hydrogen) atoms. The summed E-state index contributed by atoms with van der Waals surface area (Å²) >= 11 is 0. The van der Waals surface area contributed by atoms with Gasteiger partial charge in [-0.15, -0.1) is 0 Å². The molecule has 9 nitrogen and oxygen atoms in total. The summed E-state index contributed by atoms with van der Waals surface area (Å²) in [4.78, 5) is 25.4. The number of quaternary nitrogens is 1. The predicted octanol–water partition coefficient (Wildman–Crippen LogP) is 13.5. The maximum Gasteiger partial charge on any atom is 0.268 e. The molecule has 0 saturated heterocycles. The van der Waals surface area contributed by atoms with Crippen LogP contribution in [0.5, 0.6) is 0 Å². The molecule has 0 fully saturated rings. The summed E-state index contributed by atoms with van der Waals surface area (Å²) < 4.78 is 23.1. The van der Waals surface area contributed by atoms with Crippen molar-refractivity contribution in [2.75, 3.05) is 40.9 Å². The summed E-state index contributed by atoms with van der Waals surface area (Å²) in [5, 5.41) is 24.6. The highest BCUT2D eigenvalue weighted by atomic mass is 31.2. The standard InChI is InChI=1S/C57H95N2O7P/c1-6-8-10-12-14-16-18-20-21-22-23-24-25-26-27-28-29-30-31-32-33-34-35-36-37-38-40-42-44-46-48-50-56(61)58-54(53-66-67(63,64)65-52-51-59(3,4)5)57(62)55(60)49-47-45-43-41-39-19-17-15-13-11-9-7-2/h8,10,14-17,20-21,23-24,26-27,29-30,32-33,35-36,38,40-41,43,54-55,57,60,62H,6-7,9,11-13,18-19,22,25,28,31,34,37,39,42,44-53H2,1-5H3,(H-,58,61,63,64)/b10-8-,16-14-,17-15+,21-20-,24-23-,27-26-,30-29-,33-32-,36-35-,40-38-,43-41+. The van der Waals surface area contributed by atoms with Crippen molar-refractivity contribution in [3.63, 3.8) is 0 Å². The van der Waals surface area contributed by atoms with Crippen molar-refractivity contribution in [3.8, 4) is 0 Å². The van der Waals surface area contributed by atoms with Crippen LogP contribution in [-0.2, 0) is 18.4 Å². The minimum atomic E-state index is -4.70. The van der Waals surface area contributed by atoms with Gasteiger partial charge in [0.05, 0.1) is 39.9 Å². The summed E-state index contributed by atoms with van der Waals surface area (Å²) in [5.74, 6) is -0.332. The van der Waals surface area contributed by atoms with Crippen molar-refractivity contribution in [3.05, 3.63) is 134 Å². The van der Waals surface area contributed by atoms with Gasteiger partial charge in [-0.2, -0.15) is 0 Å². The molecule has 0 rings (SSSR count). The first-order valence-corrected chi connectivity index (χ1v) is 27.1. The number of rotatable bonds is 44. The Morgan fingerprint density at radius 3 is 1.40 bits per heavy atom. The van der Waals surface area contributed by atoms with Gasteiger partial charge in [0.25, 0.3) is 7.82 Å². The van der Waals surface area contributed by atoms with E-state index < -0.39 is 32.7 Å². The average molecular weight is 951 g/mol. The zero-order valence-corrected chi connectivity index (χ0v) is 43.5. The molecule has 0 aromatic rings. The molecule has 4 unspecified atom stereocenters. The van der Waals surface area contributed by atoms with E-state index in [-0.39, 0.29) is 25.4 Å². The second-order valence-electron chi connectivity index (χ2n) is 17.9. The van der Waals surface area contributed by atoms with E-state index in [0.717, 1.165) is 103 Å². The van der Waals surface area contributed by atoms with Crippen molar-refractivity contribution in [2.24, 2.45) is 0 Å². The number of likely N-dealkylation sites (N-methyl/N-ethyl adjacent to an activating group) is 1. The normalized spacial score (nSPS) is 15.6. The van der Waals surface area contributed by atoms with Crippen LogP contribution >= 0.6 is 7.82 Å². The maximum absolute atomic E-state index is 12.9. The Kier molecular flexibility index (Phi) is 44.0. The number of nitrogens with one attached hydrogen (secondary N) is 1. The van der Waals surface area contributed by atoms with Crippen LogP contribution in [0.25, 0.3) is 0 Å². The fraction of sp³-hybridized carbons (Fsp3) is 0.596. The molecule has 0 spiro atoms. The van der Waals surface area contributed by atoms with Crippen molar-refractivity contribution >= 4 is 13.7 Å². The van der Waals surface area contributed by atoms with E-state index in [9.17, 15) is 24.5 Å². The number of aliphatic hydroxyl groups is 2. The lowest BCUT2D eigenvalue weighted by molar-refractivity contribution is -0.870. The molecule has 4 atom stereocenters. The van der Waals surface area contributed by atoms with E-state index >= 15 is 0 Å².